The Morgan fingerprint density at radius 2 is 1.90 bits per heavy atom. The molecule has 0 aliphatic carbocycles. The van der Waals surface area contributed by atoms with Gasteiger partial charge in [-0.2, -0.15) is 0 Å². The first kappa shape index (κ1) is 14.8. The number of methoxy groups -OCH3 is 1. The molecule has 0 aromatic heterocycles. The summed E-state index contributed by atoms with van der Waals surface area (Å²) in [6.07, 6.45) is 0. The van der Waals surface area contributed by atoms with Crippen molar-refractivity contribution in [1.82, 2.24) is 4.90 Å². The van der Waals surface area contributed by atoms with Crippen LogP contribution in [0.3, 0.4) is 0 Å². The minimum atomic E-state index is -0.304. The number of carbonyl (C=O) groups is 1. The van der Waals surface area contributed by atoms with Gasteiger partial charge in [-0.25, -0.2) is 4.39 Å². The lowest BCUT2D eigenvalue weighted by atomic mass is 10.1. The number of ether oxygens (including phenoxy) is 1. The third-order valence-corrected chi connectivity index (χ3v) is 3.17. The van der Waals surface area contributed by atoms with Crippen LogP contribution < -0.4 is 10.5 Å². The van der Waals surface area contributed by atoms with Crippen molar-refractivity contribution in [2.75, 3.05) is 19.9 Å². The summed E-state index contributed by atoms with van der Waals surface area (Å²) in [5, 5.41) is 0. The first-order valence-corrected chi connectivity index (χ1v) is 6.45. The smallest absolute Gasteiger partial charge is 0.259 e. The minimum Gasteiger partial charge on any atom is -0.496 e. The highest BCUT2D eigenvalue weighted by Gasteiger charge is 2.19. The van der Waals surface area contributed by atoms with Crippen LogP contribution in [-0.4, -0.2) is 25.0 Å². The van der Waals surface area contributed by atoms with E-state index < -0.39 is 0 Å². The van der Waals surface area contributed by atoms with Crippen molar-refractivity contribution in [2.45, 2.75) is 6.54 Å². The molecule has 0 aliphatic heterocycles. The molecule has 0 unspecified atom stereocenters. The van der Waals surface area contributed by atoms with Gasteiger partial charge in [0.05, 0.1) is 7.11 Å². The number of nitrogens with two attached hydrogens (primary N) is 1. The van der Waals surface area contributed by atoms with Gasteiger partial charge in [-0.3, -0.25) is 4.79 Å². The monoisotopic (exact) mass is 288 g/mol. The minimum absolute atomic E-state index is 0.241. The van der Waals surface area contributed by atoms with E-state index in [-0.39, 0.29) is 11.7 Å². The fourth-order valence-corrected chi connectivity index (χ4v) is 2.07. The zero-order valence-electron chi connectivity index (χ0n) is 12.0. The summed E-state index contributed by atoms with van der Waals surface area (Å²) in [6, 6.07) is 11.1. The molecule has 4 nitrogen and oxygen atoms in total. The molecular weight excluding hydrogens is 271 g/mol. The maximum absolute atomic E-state index is 12.9. The van der Waals surface area contributed by atoms with Crippen molar-refractivity contribution in [3.63, 3.8) is 0 Å². The van der Waals surface area contributed by atoms with Gasteiger partial charge in [0, 0.05) is 19.3 Å². The quantitative estimate of drug-likeness (QED) is 0.880. The molecule has 0 atom stereocenters. The highest BCUT2D eigenvalue weighted by atomic mass is 19.1. The van der Waals surface area contributed by atoms with Gasteiger partial charge in [0.1, 0.15) is 17.1 Å². The molecule has 2 aromatic carbocycles. The van der Waals surface area contributed by atoms with E-state index in [1.807, 2.05) is 0 Å². The number of halogens is 1. The van der Waals surface area contributed by atoms with E-state index in [0.29, 0.717) is 23.5 Å². The third kappa shape index (κ3) is 3.31. The van der Waals surface area contributed by atoms with Crippen LogP contribution >= 0.6 is 0 Å². The Hall–Kier alpha value is -2.56. The predicted molar refractivity (Wildman–Crippen MR) is 79.6 cm³/mol. The number of nitrogen functional groups attached to an aromatic ring is 1. The maximum atomic E-state index is 12.9. The molecule has 0 fully saturated rings. The van der Waals surface area contributed by atoms with Gasteiger partial charge in [-0.05, 0) is 29.8 Å². The predicted octanol–water partition coefficient (Wildman–Crippen LogP) is 2.69. The second-order valence-corrected chi connectivity index (χ2v) is 4.71. The van der Waals surface area contributed by atoms with E-state index in [9.17, 15) is 9.18 Å². The van der Waals surface area contributed by atoms with Crippen LogP contribution in [0.4, 0.5) is 10.1 Å². The Labute approximate surface area is 122 Å². The summed E-state index contributed by atoms with van der Waals surface area (Å²) in [4.78, 5) is 14.0. The molecule has 0 radical (unpaired) electrons. The number of anilines is 1. The highest BCUT2D eigenvalue weighted by molar-refractivity contribution is 6.01. The number of hydrogen-bond donors (Lipinski definition) is 1. The van der Waals surface area contributed by atoms with E-state index in [1.54, 1.807) is 37.4 Å². The number of hydrogen-bond acceptors (Lipinski definition) is 3. The second-order valence-electron chi connectivity index (χ2n) is 4.71. The molecule has 2 N–H and O–H groups in total. The lowest BCUT2D eigenvalue weighted by molar-refractivity contribution is 0.0783. The van der Waals surface area contributed by atoms with Crippen molar-refractivity contribution in [3.8, 4) is 5.75 Å². The number of rotatable bonds is 4. The molecular formula is C16H17FN2O2. The van der Waals surface area contributed by atoms with Crippen molar-refractivity contribution >= 4 is 11.6 Å². The normalized spacial score (nSPS) is 10.2. The summed E-state index contributed by atoms with van der Waals surface area (Å²) in [6.45, 7) is 0.358. The first-order valence-electron chi connectivity index (χ1n) is 6.45. The van der Waals surface area contributed by atoms with Crippen molar-refractivity contribution in [1.29, 1.82) is 0 Å². The summed E-state index contributed by atoms with van der Waals surface area (Å²) in [5.41, 5.74) is 7.41. The maximum Gasteiger partial charge on any atom is 0.259 e. The first-order chi connectivity index (χ1) is 10.0. The molecule has 110 valence electrons. The van der Waals surface area contributed by atoms with Gasteiger partial charge in [0.2, 0.25) is 0 Å². The summed E-state index contributed by atoms with van der Waals surface area (Å²) < 4.78 is 18.1. The Kier molecular flexibility index (Phi) is 4.42. The Bertz CT molecular complexity index is 641. The summed E-state index contributed by atoms with van der Waals surface area (Å²) in [5.74, 6) is -0.109. The van der Waals surface area contributed by atoms with Gasteiger partial charge in [0.25, 0.3) is 5.91 Å². The summed E-state index contributed by atoms with van der Waals surface area (Å²) >= 11 is 0. The molecule has 0 saturated heterocycles. The van der Waals surface area contributed by atoms with Gasteiger partial charge in [0.15, 0.2) is 0 Å². The Balaban J connectivity index is 2.21. The van der Waals surface area contributed by atoms with Gasteiger partial charge in [-0.15, -0.1) is 0 Å². The molecule has 2 rings (SSSR count). The number of carbonyl (C=O) groups excluding carboxylic acids is 1. The number of nitrogens with zero attached hydrogens (tertiary/aromatic N) is 1. The summed E-state index contributed by atoms with van der Waals surface area (Å²) in [7, 11) is 3.16. The van der Waals surface area contributed by atoms with Crippen LogP contribution in [0.15, 0.2) is 42.5 Å². The van der Waals surface area contributed by atoms with Gasteiger partial charge < -0.3 is 15.4 Å². The lowest BCUT2D eigenvalue weighted by Gasteiger charge is -2.20. The zero-order chi connectivity index (χ0) is 15.4. The number of benzene rings is 2. The molecule has 0 bridgehead atoms. The third-order valence-electron chi connectivity index (χ3n) is 3.17. The van der Waals surface area contributed by atoms with E-state index in [2.05, 4.69) is 0 Å². The van der Waals surface area contributed by atoms with E-state index in [1.165, 1.54) is 24.1 Å². The molecule has 1 amide bonds. The molecule has 0 saturated carbocycles. The van der Waals surface area contributed by atoms with Crippen LogP contribution in [0.5, 0.6) is 5.75 Å². The molecule has 0 heterocycles. The molecule has 0 aliphatic rings. The number of amides is 1. The highest BCUT2D eigenvalue weighted by Crippen LogP contribution is 2.25. The second kappa shape index (κ2) is 6.26. The van der Waals surface area contributed by atoms with Crippen LogP contribution in [-0.2, 0) is 6.54 Å². The average molecular weight is 288 g/mol. The standard InChI is InChI=1S/C16H17FN2O2/c1-19(10-11-6-8-12(17)9-7-11)16(20)15-13(18)4-3-5-14(15)21-2/h3-9H,10,18H2,1-2H3. The van der Waals surface area contributed by atoms with Crippen molar-refractivity contribution in [3.05, 3.63) is 59.4 Å². The van der Waals surface area contributed by atoms with Crippen LogP contribution in [0.2, 0.25) is 0 Å². The van der Waals surface area contributed by atoms with Crippen LogP contribution in [0.1, 0.15) is 15.9 Å². The Morgan fingerprint density at radius 1 is 1.24 bits per heavy atom. The van der Waals surface area contributed by atoms with E-state index >= 15 is 0 Å². The zero-order valence-corrected chi connectivity index (χ0v) is 12.0. The lowest BCUT2D eigenvalue weighted by Crippen LogP contribution is -2.27. The fourth-order valence-electron chi connectivity index (χ4n) is 2.07. The van der Waals surface area contributed by atoms with Gasteiger partial charge >= 0.3 is 0 Å². The van der Waals surface area contributed by atoms with Crippen LogP contribution in [0, 0.1) is 5.82 Å². The topological polar surface area (TPSA) is 55.6 Å². The van der Waals surface area contributed by atoms with Crippen LogP contribution in [0.25, 0.3) is 0 Å². The van der Waals surface area contributed by atoms with Crippen molar-refractivity contribution in [2.24, 2.45) is 0 Å². The molecule has 21 heavy (non-hydrogen) atoms. The molecule has 0 spiro atoms. The SMILES string of the molecule is COc1cccc(N)c1C(=O)N(C)Cc1ccc(F)cc1. The van der Waals surface area contributed by atoms with E-state index in [4.69, 9.17) is 10.5 Å². The van der Waals surface area contributed by atoms with Crippen molar-refractivity contribution < 1.29 is 13.9 Å². The Morgan fingerprint density at radius 3 is 2.52 bits per heavy atom. The average Bonchev–Trinajstić information content (AvgIpc) is 2.48. The molecule has 2 aromatic rings. The van der Waals surface area contributed by atoms with Gasteiger partial charge in [-0.1, -0.05) is 18.2 Å². The largest absolute Gasteiger partial charge is 0.496 e. The van der Waals surface area contributed by atoms with E-state index in [0.717, 1.165) is 5.56 Å². The fraction of sp³-hybridized carbons (Fsp3) is 0.188. The molecule has 5 heteroatoms.